The summed E-state index contributed by atoms with van der Waals surface area (Å²) in [6.07, 6.45) is 1.29. The third kappa shape index (κ3) is 3.45. The number of hydrogen-bond acceptors (Lipinski definition) is 5. The number of nitrogens with one attached hydrogen (secondary N) is 1. The second-order valence-electron chi connectivity index (χ2n) is 7.97. The molecule has 2 atom stereocenters. The van der Waals surface area contributed by atoms with Gasteiger partial charge in [0.25, 0.3) is 0 Å². The molecule has 0 bridgehead atoms. The van der Waals surface area contributed by atoms with Crippen LogP contribution in [0.3, 0.4) is 0 Å². The van der Waals surface area contributed by atoms with Crippen molar-refractivity contribution >= 4 is 27.5 Å². The van der Waals surface area contributed by atoms with E-state index in [9.17, 15) is 13.2 Å². The zero-order chi connectivity index (χ0) is 19.9. The number of amides is 1. The van der Waals surface area contributed by atoms with Crippen LogP contribution >= 0.6 is 11.6 Å². The molecule has 0 radical (unpaired) electrons. The van der Waals surface area contributed by atoms with E-state index >= 15 is 0 Å². The van der Waals surface area contributed by atoms with Crippen LogP contribution in [-0.4, -0.2) is 75.5 Å². The summed E-state index contributed by atoms with van der Waals surface area (Å²) in [6, 6.07) is 6.27. The third-order valence-corrected chi connectivity index (χ3v) is 8.66. The number of ether oxygens (including phenoxy) is 1. The number of fused-ring (bicyclic) bond motifs is 2. The van der Waals surface area contributed by atoms with E-state index in [4.69, 9.17) is 16.3 Å². The highest BCUT2D eigenvalue weighted by molar-refractivity contribution is 7.89. The molecule has 0 unspecified atom stereocenters. The Morgan fingerprint density at radius 2 is 1.89 bits per heavy atom. The molecule has 154 valence electrons. The Balaban J connectivity index is 1.46. The van der Waals surface area contributed by atoms with E-state index in [1.165, 1.54) is 4.31 Å². The van der Waals surface area contributed by atoms with Gasteiger partial charge in [0.05, 0.1) is 17.4 Å². The molecule has 1 aromatic rings. The second-order valence-corrected chi connectivity index (χ2v) is 10.3. The van der Waals surface area contributed by atoms with Gasteiger partial charge in [-0.1, -0.05) is 11.6 Å². The lowest BCUT2D eigenvalue weighted by atomic mass is 9.76. The summed E-state index contributed by atoms with van der Waals surface area (Å²) in [5.41, 5.74) is -0.296. The molecule has 3 fully saturated rings. The first-order valence-electron chi connectivity index (χ1n) is 9.65. The summed E-state index contributed by atoms with van der Waals surface area (Å²) in [4.78, 5) is 15.1. The number of piperidine rings is 1. The molecule has 0 aliphatic carbocycles. The summed E-state index contributed by atoms with van der Waals surface area (Å²) < 4.78 is 32.6. The Labute approximate surface area is 171 Å². The smallest absolute Gasteiger partial charge is 0.243 e. The van der Waals surface area contributed by atoms with E-state index in [-0.39, 0.29) is 28.2 Å². The molecule has 3 aliphatic rings. The van der Waals surface area contributed by atoms with Crippen molar-refractivity contribution in [2.45, 2.75) is 23.3 Å². The number of hydrogen-bond donors (Lipinski definition) is 1. The van der Waals surface area contributed by atoms with E-state index in [1.54, 1.807) is 31.4 Å². The largest absolute Gasteiger partial charge is 0.383 e. The van der Waals surface area contributed by atoms with E-state index < -0.39 is 10.0 Å². The van der Waals surface area contributed by atoms with Gasteiger partial charge in [0.2, 0.25) is 15.9 Å². The maximum atomic E-state index is 12.9. The van der Waals surface area contributed by atoms with Crippen LogP contribution in [0, 0.1) is 11.8 Å². The number of nitrogens with zero attached hydrogens (tertiary/aromatic N) is 2. The lowest BCUT2D eigenvalue weighted by Crippen LogP contribution is -2.56. The number of carbonyl (C=O) groups excluding carboxylic acids is 1. The number of rotatable bonds is 5. The Morgan fingerprint density at radius 3 is 2.54 bits per heavy atom. The first-order chi connectivity index (χ1) is 13.4. The van der Waals surface area contributed by atoms with Crippen molar-refractivity contribution < 1.29 is 17.9 Å². The fraction of sp³-hybridized carbons (Fsp3) is 0.632. The Morgan fingerprint density at radius 1 is 1.21 bits per heavy atom. The minimum atomic E-state index is -3.55. The zero-order valence-electron chi connectivity index (χ0n) is 15.9. The van der Waals surface area contributed by atoms with Crippen molar-refractivity contribution in [2.24, 2.45) is 11.8 Å². The van der Waals surface area contributed by atoms with Crippen LogP contribution in [0.25, 0.3) is 0 Å². The van der Waals surface area contributed by atoms with Gasteiger partial charge in [0.1, 0.15) is 0 Å². The van der Waals surface area contributed by atoms with E-state index in [0.717, 1.165) is 19.6 Å². The van der Waals surface area contributed by atoms with Gasteiger partial charge in [-0.15, -0.1) is 0 Å². The van der Waals surface area contributed by atoms with Crippen molar-refractivity contribution in [1.82, 2.24) is 14.5 Å². The minimum Gasteiger partial charge on any atom is -0.383 e. The molecule has 9 heteroatoms. The predicted molar refractivity (Wildman–Crippen MR) is 106 cm³/mol. The second kappa shape index (κ2) is 7.57. The molecule has 0 saturated carbocycles. The summed E-state index contributed by atoms with van der Waals surface area (Å²) in [7, 11) is -1.87. The Kier molecular flexibility index (Phi) is 5.43. The van der Waals surface area contributed by atoms with Crippen LogP contribution in [0.1, 0.15) is 12.8 Å². The topological polar surface area (TPSA) is 79.0 Å². The number of methoxy groups -OCH3 is 1. The molecule has 1 N–H and O–H groups in total. The predicted octanol–water partition coefficient (Wildman–Crippen LogP) is 1.19. The van der Waals surface area contributed by atoms with E-state index in [1.807, 2.05) is 0 Å². The highest BCUT2D eigenvalue weighted by atomic mass is 35.5. The van der Waals surface area contributed by atoms with E-state index in [2.05, 4.69) is 10.2 Å². The van der Waals surface area contributed by atoms with Crippen LogP contribution in [0.4, 0.5) is 0 Å². The summed E-state index contributed by atoms with van der Waals surface area (Å²) in [5, 5.41) is 3.74. The molecule has 4 rings (SSSR count). The number of likely N-dealkylation sites (tertiary alicyclic amines) is 1. The van der Waals surface area contributed by atoms with Crippen molar-refractivity contribution in [3.05, 3.63) is 29.3 Å². The lowest BCUT2D eigenvalue weighted by molar-refractivity contribution is -0.123. The first-order valence-corrected chi connectivity index (χ1v) is 11.5. The summed E-state index contributed by atoms with van der Waals surface area (Å²) in [5.74, 6) is 0.340. The summed E-state index contributed by atoms with van der Waals surface area (Å²) >= 11 is 5.88. The molecule has 7 nitrogen and oxygen atoms in total. The average Bonchev–Trinajstić information content (AvgIpc) is 3.21. The van der Waals surface area contributed by atoms with Gasteiger partial charge in [0, 0.05) is 56.3 Å². The maximum Gasteiger partial charge on any atom is 0.243 e. The van der Waals surface area contributed by atoms with Crippen molar-refractivity contribution in [3.8, 4) is 0 Å². The standard InChI is InChI=1S/C19H26ClN3O4S/c1-27-11-10-22-12-16-17(13-22)19(21-18(16)24)6-8-23(9-7-19)28(25,26)15-4-2-14(20)3-5-15/h2-5,16-17H,6-13H2,1H3,(H,21,24)/t16-,17+/m0/s1. The average molecular weight is 428 g/mol. The molecule has 0 aromatic heterocycles. The van der Waals surface area contributed by atoms with Crippen molar-refractivity contribution in [3.63, 3.8) is 0 Å². The number of sulfonamides is 1. The van der Waals surface area contributed by atoms with Crippen LogP contribution in [-0.2, 0) is 19.6 Å². The number of benzene rings is 1. The van der Waals surface area contributed by atoms with Gasteiger partial charge in [-0.05, 0) is 37.1 Å². The molecule has 28 heavy (non-hydrogen) atoms. The molecule has 1 aromatic carbocycles. The fourth-order valence-electron chi connectivity index (χ4n) is 4.92. The molecule has 1 spiro atoms. The van der Waals surface area contributed by atoms with Crippen molar-refractivity contribution in [1.29, 1.82) is 0 Å². The maximum absolute atomic E-state index is 12.9. The number of halogens is 1. The van der Waals surface area contributed by atoms with Gasteiger partial charge >= 0.3 is 0 Å². The third-order valence-electron chi connectivity index (χ3n) is 6.49. The van der Waals surface area contributed by atoms with Gasteiger partial charge < -0.3 is 10.1 Å². The van der Waals surface area contributed by atoms with E-state index in [0.29, 0.717) is 37.6 Å². The van der Waals surface area contributed by atoms with Gasteiger partial charge in [-0.2, -0.15) is 4.31 Å². The molecule has 3 saturated heterocycles. The Bertz CT molecular complexity index is 837. The zero-order valence-corrected chi connectivity index (χ0v) is 17.5. The quantitative estimate of drug-likeness (QED) is 0.763. The minimum absolute atomic E-state index is 0.00345. The van der Waals surface area contributed by atoms with Crippen LogP contribution in [0.15, 0.2) is 29.2 Å². The summed E-state index contributed by atoms with van der Waals surface area (Å²) in [6.45, 7) is 3.91. The molecule has 3 heterocycles. The molecule has 3 aliphatic heterocycles. The fourth-order valence-corrected chi connectivity index (χ4v) is 6.49. The van der Waals surface area contributed by atoms with Gasteiger partial charge in [-0.25, -0.2) is 8.42 Å². The molecule has 1 amide bonds. The first kappa shape index (κ1) is 20.1. The van der Waals surface area contributed by atoms with Crippen molar-refractivity contribution in [2.75, 3.05) is 46.4 Å². The lowest BCUT2D eigenvalue weighted by Gasteiger charge is -2.42. The highest BCUT2D eigenvalue weighted by Crippen LogP contribution is 2.44. The normalized spacial score (nSPS) is 27.9. The van der Waals surface area contributed by atoms with Crippen LogP contribution in [0.2, 0.25) is 5.02 Å². The SMILES string of the molecule is COCCN1C[C@@H]2C(=O)NC3(CCN(S(=O)(=O)c4ccc(Cl)cc4)CC3)[C@@H]2C1. The highest BCUT2D eigenvalue weighted by Gasteiger charge is 2.57. The Hall–Kier alpha value is -1.19. The van der Waals surface area contributed by atoms with Crippen LogP contribution < -0.4 is 5.32 Å². The van der Waals surface area contributed by atoms with Gasteiger partial charge in [0.15, 0.2) is 0 Å². The molecular formula is C19H26ClN3O4S. The van der Waals surface area contributed by atoms with Gasteiger partial charge in [-0.3, -0.25) is 9.69 Å². The number of carbonyl (C=O) groups is 1. The monoisotopic (exact) mass is 427 g/mol. The van der Waals surface area contributed by atoms with Crippen LogP contribution in [0.5, 0.6) is 0 Å². The molecular weight excluding hydrogens is 402 g/mol.